The van der Waals surface area contributed by atoms with Crippen molar-refractivity contribution in [1.29, 1.82) is 0 Å². The minimum Gasteiger partial charge on any atom is -0.462 e. The van der Waals surface area contributed by atoms with E-state index in [4.69, 9.17) is 4.74 Å². The van der Waals surface area contributed by atoms with E-state index >= 15 is 0 Å². The number of ether oxygens (including phenoxy) is 1. The summed E-state index contributed by atoms with van der Waals surface area (Å²) in [6.07, 6.45) is 2.19. The van der Waals surface area contributed by atoms with E-state index in [0.717, 1.165) is 0 Å². The van der Waals surface area contributed by atoms with Gasteiger partial charge in [-0.05, 0) is 25.3 Å². The SMILES string of the molecule is CCOC(=O)c1cn(-c2cccc([N+](=O)[O-])c2)nc1CC(C)C. The van der Waals surface area contributed by atoms with Crippen LogP contribution in [-0.4, -0.2) is 27.3 Å². The fourth-order valence-corrected chi connectivity index (χ4v) is 2.21. The minimum atomic E-state index is -0.464. The number of nitro benzene ring substituents is 1. The topological polar surface area (TPSA) is 87.3 Å². The van der Waals surface area contributed by atoms with Crippen LogP contribution in [-0.2, 0) is 11.2 Å². The number of aromatic nitrogens is 2. The number of carbonyl (C=O) groups excluding carboxylic acids is 1. The van der Waals surface area contributed by atoms with E-state index in [2.05, 4.69) is 5.10 Å². The molecule has 0 aliphatic rings. The maximum atomic E-state index is 12.1. The summed E-state index contributed by atoms with van der Waals surface area (Å²) in [7, 11) is 0. The molecular formula is C16H19N3O4. The van der Waals surface area contributed by atoms with Gasteiger partial charge in [-0.15, -0.1) is 0 Å². The number of carbonyl (C=O) groups is 1. The monoisotopic (exact) mass is 317 g/mol. The van der Waals surface area contributed by atoms with Crippen molar-refractivity contribution >= 4 is 11.7 Å². The number of hydrogen-bond donors (Lipinski definition) is 0. The Morgan fingerprint density at radius 3 is 2.78 bits per heavy atom. The van der Waals surface area contributed by atoms with Crippen molar-refractivity contribution in [2.45, 2.75) is 27.2 Å². The van der Waals surface area contributed by atoms with Gasteiger partial charge in [0.05, 0.1) is 22.9 Å². The molecule has 0 saturated heterocycles. The molecule has 0 atom stereocenters. The van der Waals surface area contributed by atoms with Gasteiger partial charge in [-0.3, -0.25) is 10.1 Å². The second-order valence-corrected chi connectivity index (χ2v) is 5.53. The van der Waals surface area contributed by atoms with Gasteiger partial charge in [0.2, 0.25) is 0 Å². The molecule has 0 aliphatic heterocycles. The number of rotatable bonds is 6. The first kappa shape index (κ1) is 16.7. The number of hydrogen-bond acceptors (Lipinski definition) is 5. The van der Waals surface area contributed by atoms with Crippen LogP contribution < -0.4 is 0 Å². The first-order valence-corrected chi connectivity index (χ1v) is 7.42. The van der Waals surface area contributed by atoms with E-state index < -0.39 is 10.9 Å². The summed E-state index contributed by atoms with van der Waals surface area (Å²) < 4.78 is 6.54. The van der Waals surface area contributed by atoms with Gasteiger partial charge in [-0.25, -0.2) is 9.48 Å². The smallest absolute Gasteiger partial charge is 0.341 e. The Labute approximate surface area is 134 Å². The van der Waals surface area contributed by atoms with Gasteiger partial charge in [0.1, 0.15) is 5.56 Å². The lowest BCUT2D eigenvalue weighted by molar-refractivity contribution is -0.384. The summed E-state index contributed by atoms with van der Waals surface area (Å²) in [5.74, 6) is -0.114. The molecule has 0 spiro atoms. The number of nitro groups is 1. The molecule has 2 aromatic rings. The zero-order valence-electron chi connectivity index (χ0n) is 13.4. The van der Waals surface area contributed by atoms with Crippen molar-refractivity contribution in [3.8, 4) is 5.69 Å². The van der Waals surface area contributed by atoms with Crippen LogP contribution in [0.1, 0.15) is 36.8 Å². The van der Waals surface area contributed by atoms with Crippen LogP contribution in [0.5, 0.6) is 0 Å². The summed E-state index contributed by atoms with van der Waals surface area (Å²) in [6.45, 7) is 6.08. The molecule has 23 heavy (non-hydrogen) atoms. The highest BCUT2D eigenvalue weighted by Gasteiger charge is 2.19. The summed E-state index contributed by atoms with van der Waals surface area (Å²) in [5.41, 5.74) is 1.53. The molecule has 0 aliphatic carbocycles. The normalized spacial score (nSPS) is 10.8. The Bertz CT molecular complexity index is 722. The van der Waals surface area contributed by atoms with Crippen LogP contribution in [0.3, 0.4) is 0 Å². The number of nitrogens with zero attached hydrogens (tertiary/aromatic N) is 3. The molecule has 1 aromatic heterocycles. The molecule has 1 heterocycles. The maximum Gasteiger partial charge on any atom is 0.341 e. The molecular weight excluding hydrogens is 298 g/mol. The van der Waals surface area contributed by atoms with Crippen LogP contribution in [0.4, 0.5) is 5.69 Å². The number of non-ortho nitro benzene ring substituents is 1. The summed E-state index contributed by atoms with van der Waals surface area (Å²) in [5, 5.41) is 15.3. The standard InChI is InChI=1S/C16H19N3O4/c1-4-23-16(20)14-10-18(17-15(14)8-11(2)3)12-6-5-7-13(9-12)19(21)22/h5-7,9-11H,4,8H2,1-3H3. The molecule has 122 valence electrons. The first-order chi connectivity index (χ1) is 10.9. The van der Waals surface area contributed by atoms with Crippen molar-refractivity contribution in [3.05, 3.63) is 51.8 Å². The molecule has 7 nitrogen and oxygen atoms in total. The predicted molar refractivity (Wildman–Crippen MR) is 84.7 cm³/mol. The second kappa shape index (κ2) is 7.04. The van der Waals surface area contributed by atoms with Crippen molar-refractivity contribution in [2.75, 3.05) is 6.61 Å². The molecule has 7 heteroatoms. The van der Waals surface area contributed by atoms with E-state index in [0.29, 0.717) is 29.3 Å². The van der Waals surface area contributed by atoms with Crippen LogP contribution >= 0.6 is 0 Å². The van der Waals surface area contributed by atoms with Crippen LogP contribution in [0.2, 0.25) is 0 Å². The van der Waals surface area contributed by atoms with Gasteiger partial charge in [-0.1, -0.05) is 19.9 Å². The lowest BCUT2D eigenvalue weighted by Gasteiger charge is -2.04. The molecule has 0 bridgehead atoms. The highest BCUT2D eigenvalue weighted by molar-refractivity contribution is 5.90. The van der Waals surface area contributed by atoms with Crippen LogP contribution in [0.15, 0.2) is 30.5 Å². The van der Waals surface area contributed by atoms with Crippen LogP contribution in [0.25, 0.3) is 5.69 Å². The van der Waals surface area contributed by atoms with E-state index in [1.807, 2.05) is 13.8 Å². The highest BCUT2D eigenvalue weighted by Crippen LogP contribution is 2.20. The zero-order valence-corrected chi connectivity index (χ0v) is 13.4. The lowest BCUT2D eigenvalue weighted by Crippen LogP contribution is -2.08. The molecule has 0 unspecified atom stereocenters. The molecule has 0 saturated carbocycles. The zero-order chi connectivity index (χ0) is 17.0. The molecule has 0 amide bonds. The van der Waals surface area contributed by atoms with E-state index in [1.54, 1.807) is 25.3 Å². The highest BCUT2D eigenvalue weighted by atomic mass is 16.6. The summed E-state index contributed by atoms with van der Waals surface area (Å²) in [6, 6.07) is 6.12. The van der Waals surface area contributed by atoms with E-state index in [9.17, 15) is 14.9 Å². The average Bonchev–Trinajstić information content (AvgIpc) is 2.91. The maximum absolute atomic E-state index is 12.1. The van der Waals surface area contributed by atoms with Crippen molar-refractivity contribution in [1.82, 2.24) is 9.78 Å². The van der Waals surface area contributed by atoms with E-state index in [1.165, 1.54) is 16.8 Å². The number of esters is 1. The number of benzene rings is 1. The fraction of sp³-hybridized carbons (Fsp3) is 0.375. The molecule has 0 radical (unpaired) electrons. The van der Waals surface area contributed by atoms with Gasteiger partial charge >= 0.3 is 5.97 Å². The van der Waals surface area contributed by atoms with Gasteiger partial charge in [0.25, 0.3) is 5.69 Å². The fourth-order valence-electron chi connectivity index (χ4n) is 2.21. The Balaban J connectivity index is 2.45. The molecule has 1 aromatic carbocycles. The van der Waals surface area contributed by atoms with Gasteiger partial charge in [0, 0.05) is 18.3 Å². The third-order valence-electron chi connectivity index (χ3n) is 3.19. The molecule has 0 fully saturated rings. The Morgan fingerprint density at radius 2 is 2.17 bits per heavy atom. The molecule has 0 N–H and O–H groups in total. The lowest BCUT2D eigenvalue weighted by atomic mass is 10.1. The van der Waals surface area contributed by atoms with Gasteiger partial charge in [-0.2, -0.15) is 5.10 Å². The Morgan fingerprint density at radius 1 is 1.43 bits per heavy atom. The van der Waals surface area contributed by atoms with Crippen LogP contribution in [0, 0.1) is 16.0 Å². The largest absolute Gasteiger partial charge is 0.462 e. The first-order valence-electron chi connectivity index (χ1n) is 7.42. The summed E-state index contributed by atoms with van der Waals surface area (Å²) in [4.78, 5) is 22.5. The quantitative estimate of drug-likeness (QED) is 0.464. The third-order valence-corrected chi connectivity index (χ3v) is 3.19. The van der Waals surface area contributed by atoms with Gasteiger partial charge in [0.15, 0.2) is 0 Å². The van der Waals surface area contributed by atoms with Crippen molar-refractivity contribution in [2.24, 2.45) is 5.92 Å². The van der Waals surface area contributed by atoms with Crippen molar-refractivity contribution in [3.63, 3.8) is 0 Å². The molecule has 2 rings (SSSR count). The average molecular weight is 317 g/mol. The third kappa shape index (κ3) is 3.94. The Kier molecular flexibility index (Phi) is 5.10. The Hall–Kier alpha value is -2.70. The van der Waals surface area contributed by atoms with Gasteiger partial charge < -0.3 is 4.74 Å². The van der Waals surface area contributed by atoms with Crippen molar-refractivity contribution < 1.29 is 14.5 Å². The summed E-state index contributed by atoms with van der Waals surface area (Å²) >= 11 is 0. The van der Waals surface area contributed by atoms with E-state index in [-0.39, 0.29) is 12.3 Å². The minimum absolute atomic E-state index is 0.0268. The predicted octanol–water partition coefficient (Wildman–Crippen LogP) is 3.16. The second-order valence-electron chi connectivity index (χ2n) is 5.53.